The molecule has 168 valence electrons. The first-order chi connectivity index (χ1) is 14.5. The molecule has 0 spiro atoms. The molecule has 1 unspecified atom stereocenters. The number of hydrogen-bond donors (Lipinski definition) is 4. The van der Waals surface area contributed by atoms with Gasteiger partial charge in [-0.15, -0.1) is 0 Å². The lowest BCUT2D eigenvalue weighted by molar-refractivity contribution is -0.161. The highest BCUT2D eigenvalue weighted by molar-refractivity contribution is 6.06. The van der Waals surface area contributed by atoms with Crippen molar-refractivity contribution in [3.63, 3.8) is 0 Å². The van der Waals surface area contributed by atoms with E-state index in [1.54, 1.807) is 45.0 Å². The van der Waals surface area contributed by atoms with Crippen LogP contribution in [0.15, 0.2) is 29.4 Å². The Balaban J connectivity index is 1.87. The number of amidine groups is 1. The van der Waals surface area contributed by atoms with Gasteiger partial charge in [-0.05, 0) is 26.3 Å². The van der Waals surface area contributed by atoms with Gasteiger partial charge in [-0.1, -0.05) is 29.4 Å². The predicted molar refractivity (Wildman–Crippen MR) is 111 cm³/mol. The van der Waals surface area contributed by atoms with Crippen molar-refractivity contribution in [3.05, 3.63) is 35.4 Å². The molecule has 1 aliphatic rings. The number of alkyl carbamates (subject to hydrolysis) is 1. The Hall–Kier alpha value is -3.31. The largest absolute Gasteiger partial charge is 0.444 e. The number of hydrogen-bond acceptors (Lipinski definition) is 10. The van der Waals surface area contributed by atoms with Gasteiger partial charge in [-0.25, -0.2) is 9.59 Å². The van der Waals surface area contributed by atoms with Crippen LogP contribution in [0.2, 0.25) is 0 Å². The predicted octanol–water partition coefficient (Wildman–Crippen LogP) is 0.776. The molecule has 0 saturated carbocycles. The fourth-order valence-electron chi connectivity index (χ4n) is 2.53. The molecule has 1 aliphatic heterocycles. The normalized spacial score (nSPS) is 16.5. The number of benzene rings is 1. The second kappa shape index (κ2) is 10.1. The number of carbonyl (C=O) groups excluding carboxylic acids is 3. The van der Waals surface area contributed by atoms with Crippen LogP contribution in [0.1, 0.15) is 44.7 Å². The van der Waals surface area contributed by atoms with Gasteiger partial charge in [0.2, 0.25) is 0 Å². The number of amides is 1. The van der Waals surface area contributed by atoms with Crippen LogP contribution in [-0.2, 0) is 23.9 Å². The Bertz CT molecular complexity index is 875. The van der Waals surface area contributed by atoms with Crippen LogP contribution in [0.25, 0.3) is 0 Å². The molecule has 0 fully saturated rings. The number of nitrogens with zero attached hydrogens (tertiary/aromatic N) is 1. The van der Waals surface area contributed by atoms with E-state index in [0.717, 1.165) is 5.56 Å². The zero-order valence-electron chi connectivity index (χ0n) is 17.6. The molecule has 6 N–H and O–H groups in total. The number of oxime groups is 1. The smallest absolute Gasteiger partial charge is 0.413 e. The van der Waals surface area contributed by atoms with E-state index < -0.39 is 35.8 Å². The Morgan fingerprint density at radius 2 is 1.94 bits per heavy atom. The Morgan fingerprint density at radius 3 is 2.52 bits per heavy atom. The summed E-state index contributed by atoms with van der Waals surface area (Å²) in [6.07, 6.45) is -1.12. The second-order valence-corrected chi connectivity index (χ2v) is 7.89. The van der Waals surface area contributed by atoms with Gasteiger partial charge in [0.25, 0.3) is 0 Å². The first-order valence-corrected chi connectivity index (χ1v) is 9.60. The fourth-order valence-corrected chi connectivity index (χ4v) is 2.53. The van der Waals surface area contributed by atoms with E-state index in [1.165, 1.54) is 0 Å². The molecule has 0 radical (unpaired) electrons. The summed E-state index contributed by atoms with van der Waals surface area (Å²) in [5.41, 5.74) is 11.8. The standard InChI is InChI=1S/C20H27N5O6/c1-20(2,3)30-19(28)24-17(23)12-6-4-11(5-7-12)15-8-13(31-25-15)9-16(26)29-18(27)14(22)10-21/h4-7,13-14H,8-10,21-22H2,1-3H3,(H2,23,24,28)/t13?,14-/m0/s1. The number of nitrogens with one attached hydrogen (secondary N) is 2. The van der Waals surface area contributed by atoms with Gasteiger partial charge in [0.05, 0.1) is 12.1 Å². The lowest BCUT2D eigenvalue weighted by Crippen LogP contribution is -2.40. The third-order valence-corrected chi connectivity index (χ3v) is 4.03. The maximum Gasteiger partial charge on any atom is 0.413 e. The summed E-state index contributed by atoms with van der Waals surface area (Å²) in [5.74, 6) is -1.76. The van der Waals surface area contributed by atoms with Crippen LogP contribution in [-0.4, -0.2) is 53.9 Å². The van der Waals surface area contributed by atoms with Crippen LogP contribution < -0.4 is 16.8 Å². The average molecular weight is 433 g/mol. The van der Waals surface area contributed by atoms with E-state index >= 15 is 0 Å². The molecule has 1 aromatic carbocycles. The molecule has 11 nitrogen and oxygen atoms in total. The van der Waals surface area contributed by atoms with Crippen LogP contribution in [0.4, 0.5) is 4.79 Å². The minimum atomic E-state index is -1.05. The summed E-state index contributed by atoms with van der Waals surface area (Å²) >= 11 is 0. The summed E-state index contributed by atoms with van der Waals surface area (Å²) in [6, 6.07) is 5.67. The minimum absolute atomic E-state index is 0.105. The Labute approximate surface area is 179 Å². The Morgan fingerprint density at radius 1 is 1.29 bits per heavy atom. The van der Waals surface area contributed by atoms with Crippen molar-refractivity contribution in [2.45, 2.75) is 51.4 Å². The van der Waals surface area contributed by atoms with Gasteiger partial charge >= 0.3 is 18.0 Å². The SMILES string of the molecule is CC(C)(C)OC(=O)NC(=N)c1ccc(C2=NOC(CC(=O)OC(=O)[C@@H](N)CN)C2)cc1. The molecule has 1 heterocycles. The molecule has 0 bridgehead atoms. The van der Waals surface area contributed by atoms with E-state index in [1.807, 2.05) is 0 Å². The van der Waals surface area contributed by atoms with Gasteiger partial charge in [-0.3, -0.25) is 15.5 Å². The van der Waals surface area contributed by atoms with Crippen molar-refractivity contribution in [2.24, 2.45) is 16.6 Å². The van der Waals surface area contributed by atoms with E-state index in [9.17, 15) is 14.4 Å². The van der Waals surface area contributed by atoms with Gasteiger partial charge in [-0.2, -0.15) is 0 Å². The van der Waals surface area contributed by atoms with Crippen LogP contribution >= 0.6 is 0 Å². The first-order valence-electron chi connectivity index (χ1n) is 9.60. The molecule has 1 aromatic rings. The summed E-state index contributed by atoms with van der Waals surface area (Å²) in [4.78, 5) is 40.3. The summed E-state index contributed by atoms with van der Waals surface area (Å²) in [7, 11) is 0. The van der Waals surface area contributed by atoms with Crippen molar-refractivity contribution in [1.29, 1.82) is 5.41 Å². The number of ether oxygens (including phenoxy) is 2. The van der Waals surface area contributed by atoms with E-state index in [0.29, 0.717) is 17.7 Å². The van der Waals surface area contributed by atoms with Crippen LogP contribution in [0.5, 0.6) is 0 Å². The molecule has 0 aromatic heterocycles. The van der Waals surface area contributed by atoms with Gasteiger partial charge in [0, 0.05) is 18.5 Å². The van der Waals surface area contributed by atoms with Crippen molar-refractivity contribution in [1.82, 2.24) is 5.32 Å². The topological polar surface area (TPSA) is 179 Å². The van der Waals surface area contributed by atoms with Gasteiger partial charge in [0.1, 0.15) is 23.6 Å². The Kier molecular flexibility index (Phi) is 7.83. The van der Waals surface area contributed by atoms with Crippen molar-refractivity contribution in [2.75, 3.05) is 6.54 Å². The zero-order chi connectivity index (χ0) is 23.2. The molecule has 0 aliphatic carbocycles. The maximum atomic E-state index is 11.8. The molecule has 1 amide bonds. The first kappa shape index (κ1) is 24.0. The number of esters is 2. The molecular formula is C20H27N5O6. The summed E-state index contributed by atoms with van der Waals surface area (Å²) in [6.45, 7) is 5.07. The van der Waals surface area contributed by atoms with Crippen LogP contribution in [0.3, 0.4) is 0 Å². The number of rotatable bonds is 6. The van der Waals surface area contributed by atoms with E-state index in [-0.39, 0.29) is 18.8 Å². The lowest BCUT2D eigenvalue weighted by Gasteiger charge is -2.19. The third kappa shape index (κ3) is 7.46. The van der Waals surface area contributed by atoms with Crippen molar-refractivity contribution >= 4 is 29.6 Å². The average Bonchev–Trinajstić information content (AvgIpc) is 3.13. The van der Waals surface area contributed by atoms with Crippen molar-refractivity contribution < 1.29 is 28.7 Å². The molecule has 2 rings (SSSR count). The highest BCUT2D eigenvalue weighted by Gasteiger charge is 2.27. The molecule has 0 saturated heterocycles. The molecule has 11 heteroatoms. The molecule has 31 heavy (non-hydrogen) atoms. The minimum Gasteiger partial charge on any atom is -0.444 e. The third-order valence-electron chi connectivity index (χ3n) is 4.03. The van der Waals surface area contributed by atoms with Gasteiger partial charge in [0.15, 0.2) is 0 Å². The van der Waals surface area contributed by atoms with E-state index in [2.05, 4.69) is 15.2 Å². The monoisotopic (exact) mass is 433 g/mol. The number of nitrogens with two attached hydrogens (primary N) is 2. The second-order valence-electron chi connectivity index (χ2n) is 7.89. The zero-order valence-corrected chi connectivity index (χ0v) is 17.6. The van der Waals surface area contributed by atoms with E-state index in [4.69, 9.17) is 26.5 Å². The highest BCUT2D eigenvalue weighted by Crippen LogP contribution is 2.20. The van der Waals surface area contributed by atoms with Crippen molar-refractivity contribution in [3.8, 4) is 0 Å². The fraction of sp³-hybridized carbons (Fsp3) is 0.450. The lowest BCUT2D eigenvalue weighted by atomic mass is 10.0. The highest BCUT2D eigenvalue weighted by atomic mass is 16.6. The molecular weight excluding hydrogens is 406 g/mol. The van der Waals surface area contributed by atoms with Gasteiger partial charge < -0.3 is 25.8 Å². The maximum absolute atomic E-state index is 11.8. The molecule has 2 atom stereocenters. The summed E-state index contributed by atoms with van der Waals surface area (Å²) in [5, 5.41) is 14.3. The quantitative estimate of drug-likeness (QED) is 0.220. The number of carbonyl (C=O) groups is 3. The summed E-state index contributed by atoms with van der Waals surface area (Å²) < 4.78 is 9.75. The van der Waals surface area contributed by atoms with Crippen LogP contribution in [0, 0.1) is 5.41 Å².